The van der Waals surface area contributed by atoms with Crippen LogP contribution in [0.1, 0.15) is 21.7 Å². The molecule has 0 spiro atoms. The molecular formula is C15H15BrN2OS. The number of thiophene rings is 1. The van der Waals surface area contributed by atoms with E-state index < -0.39 is 0 Å². The Bertz CT molecular complexity index is 634. The van der Waals surface area contributed by atoms with Crippen LogP contribution in [0.3, 0.4) is 0 Å². The van der Waals surface area contributed by atoms with E-state index in [4.69, 9.17) is 0 Å². The van der Waals surface area contributed by atoms with Crippen LogP contribution in [0.25, 0.3) is 0 Å². The van der Waals surface area contributed by atoms with Crippen molar-refractivity contribution in [3.05, 3.63) is 44.6 Å². The Balaban J connectivity index is 1.99. The number of para-hydroxylation sites is 2. The van der Waals surface area contributed by atoms with E-state index in [1.807, 2.05) is 42.2 Å². The molecule has 0 bridgehead atoms. The van der Waals surface area contributed by atoms with E-state index in [9.17, 15) is 4.79 Å². The minimum atomic E-state index is 0.0833. The average Bonchev–Trinajstić information content (AvgIpc) is 2.68. The number of amides is 1. The third-order valence-electron chi connectivity index (χ3n) is 3.38. The normalized spacial score (nSPS) is 14.4. The quantitative estimate of drug-likeness (QED) is 0.832. The van der Waals surface area contributed by atoms with E-state index in [1.165, 1.54) is 11.3 Å². The molecule has 3 rings (SSSR count). The van der Waals surface area contributed by atoms with Crippen LogP contribution in [-0.2, 0) is 0 Å². The number of rotatable bonds is 1. The predicted octanol–water partition coefficient (Wildman–Crippen LogP) is 4.28. The van der Waals surface area contributed by atoms with E-state index in [0.29, 0.717) is 0 Å². The van der Waals surface area contributed by atoms with Crippen molar-refractivity contribution in [1.29, 1.82) is 0 Å². The molecule has 0 radical (unpaired) electrons. The first-order valence-electron chi connectivity index (χ1n) is 6.57. The van der Waals surface area contributed by atoms with Gasteiger partial charge in [-0.15, -0.1) is 11.3 Å². The van der Waals surface area contributed by atoms with Crippen molar-refractivity contribution in [2.75, 3.05) is 23.3 Å². The molecule has 1 amide bonds. The number of benzene rings is 1. The second-order valence-corrected chi connectivity index (χ2v) is 7.19. The highest BCUT2D eigenvalue weighted by Crippen LogP contribution is 2.33. The van der Waals surface area contributed by atoms with Crippen LogP contribution in [0.15, 0.2) is 34.1 Å². The first-order valence-corrected chi connectivity index (χ1v) is 8.18. The Kier molecular flexibility index (Phi) is 3.81. The number of hydrogen-bond donors (Lipinski definition) is 1. The second-order valence-electron chi connectivity index (χ2n) is 4.82. The van der Waals surface area contributed by atoms with Gasteiger partial charge in [-0.3, -0.25) is 4.79 Å². The number of aryl methyl sites for hydroxylation is 1. The maximum absolute atomic E-state index is 12.8. The van der Waals surface area contributed by atoms with Crippen LogP contribution in [0.5, 0.6) is 0 Å². The van der Waals surface area contributed by atoms with E-state index in [1.54, 1.807) is 0 Å². The van der Waals surface area contributed by atoms with E-state index in [-0.39, 0.29) is 5.91 Å². The van der Waals surface area contributed by atoms with Crippen LogP contribution in [0, 0.1) is 6.92 Å². The van der Waals surface area contributed by atoms with Crippen LogP contribution >= 0.6 is 27.3 Å². The van der Waals surface area contributed by atoms with Crippen molar-refractivity contribution in [2.45, 2.75) is 13.3 Å². The SMILES string of the molecule is Cc1cc(C(=O)N2CCCNc3ccccc32)sc1Br. The summed E-state index contributed by atoms with van der Waals surface area (Å²) in [7, 11) is 0. The van der Waals surface area contributed by atoms with Crippen LogP contribution in [-0.4, -0.2) is 19.0 Å². The van der Waals surface area contributed by atoms with Crippen LogP contribution < -0.4 is 10.2 Å². The highest BCUT2D eigenvalue weighted by Gasteiger charge is 2.23. The highest BCUT2D eigenvalue weighted by molar-refractivity contribution is 9.11. The van der Waals surface area contributed by atoms with E-state index in [2.05, 4.69) is 21.2 Å². The second kappa shape index (κ2) is 5.58. The Morgan fingerprint density at radius 3 is 2.95 bits per heavy atom. The van der Waals surface area contributed by atoms with E-state index in [0.717, 1.165) is 45.1 Å². The van der Waals surface area contributed by atoms with Crippen molar-refractivity contribution in [3.63, 3.8) is 0 Å². The molecule has 1 aliphatic heterocycles. The van der Waals surface area contributed by atoms with Crippen molar-refractivity contribution < 1.29 is 4.79 Å². The lowest BCUT2D eigenvalue weighted by molar-refractivity contribution is 0.0991. The average molecular weight is 351 g/mol. The van der Waals surface area contributed by atoms with Gasteiger partial charge in [-0.1, -0.05) is 12.1 Å². The summed E-state index contributed by atoms with van der Waals surface area (Å²) in [5.41, 5.74) is 3.11. The molecule has 0 unspecified atom stereocenters. The fraction of sp³-hybridized carbons (Fsp3) is 0.267. The van der Waals surface area contributed by atoms with Crippen LogP contribution in [0.4, 0.5) is 11.4 Å². The first-order chi connectivity index (χ1) is 9.66. The van der Waals surface area contributed by atoms with Crippen LogP contribution in [0.2, 0.25) is 0 Å². The topological polar surface area (TPSA) is 32.3 Å². The number of anilines is 2. The number of halogens is 1. The van der Waals surface area contributed by atoms with Gasteiger partial charge in [0.2, 0.25) is 0 Å². The van der Waals surface area contributed by atoms with Gasteiger partial charge < -0.3 is 10.2 Å². The smallest absolute Gasteiger partial charge is 0.268 e. The molecule has 2 heterocycles. The summed E-state index contributed by atoms with van der Waals surface area (Å²) >= 11 is 4.99. The van der Waals surface area contributed by atoms with Gasteiger partial charge in [0.1, 0.15) is 0 Å². The maximum Gasteiger partial charge on any atom is 0.268 e. The molecule has 3 nitrogen and oxygen atoms in total. The molecule has 0 aliphatic carbocycles. The van der Waals surface area contributed by atoms with Gasteiger partial charge in [0, 0.05) is 13.1 Å². The molecule has 20 heavy (non-hydrogen) atoms. The zero-order valence-corrected chi connectivity index (χ0v) is 13.6. The lowest BCUT2D eigenvalue weighted by Gasteiger charge is -2.21. The summed E-state index contributed by atoms with van der Waals surface area (Å²) in [5.74, 6) is 0.0833. The number of fused-ring (bicyclic) bond motifs is 1. The molecule has 1 aliphatic rings. The van der Waals surface area contributed by atoms with Gasteiger partial charge in [0.15, 0.2) is 0 Å². The van der Waals surface area contributed by atoms with Gasteiger partial charge in [-0.25, -0.2) is 0 Å². The fourth-order valence-corrected chi connectivity index (χ4v) is 3.83. The third-order valence-corrected chi connectivity index (χ3v) is 5.51. The van der Waals surface area contributed by atoms with Crippen molar-refractivity contribution in [1.82, 2.24) is 0 Å². The third kappa shape index (κ3) is 2.47. The van der Waals surface area contributed by atoms with Crippen molar-refractivity contribution in [2.24, 2.45) is 0 Å². The molecule has 1 aromatic heterocycles. The Morgan fingerprint density at radius 1 is 1.40 bits per heavy atom. The first kappa shape index (κ1) is 13.6. The summed E-state index contributed by atoms with van der Waals surface area (Å²) < 4.78 is 1.03. The molecule has 2 aromatic rings. The van der Waals surface area contributed by atoms with Gasteiger partial charge in [0.05, 0.1) is 20.0 Å². The fourth-order valence-electron chi connectivity index (χ4n) is 2.35. The Hall–Kier alpha value is -1.33. The zero-order chi connectivity index (χ0) is 14.1. The summed E-state index contributed by atoms with van der Waals surface area (Å²) in [6.45, 7) is 3.65. The largest absolute Gasteiger partial charge is 0.383 e. The van der Waals surface area contributed by atoms with Gasteiger partial charge in [-0.05, 0) is 53.0 Å². The Labute approximate surface area is 130 Å². The summed E-state index contributed by atoms with van der Waals surface area (Å²) in [5, 5.41) is 3.38. The lowest BCUT2D eigenvalue weighted by atomic mass is 10.2. The van der Waals surface area contributed by atoms with Crippen molar-refractivity contribution in [3.8, 4) is 0 Å². The summed E-state index contributed by atoms with van der Waals surface area (Å²) in [6.07, 6.45) is 0.950. The number of hydrogen-bond acceptors (Lipinski definition) is 3. The minimum Gasteiger partial charge on any atom is -0.383 e. The number of nitrogens with one attached hydrogen (secondary N) is 1. The van der Waals surface area contributed by atoms with E-state index >= 15 is 0 Å². The van der Waals surface area contributed by atoms with Crippen molar-refractivity contribution >= 4 is 44.5 Å². The number of nitrogens with zero attached hydrogens (tertiary/aromatic N) is 1. The molecule has 5 heteroatoms. The molecule has 0 saturated carbocycles. The molecule has 0 fully saturated rings. The molecule has 1 aromatic carbocycles. The monoisotopic (exact) mass is 350 g/mol. The summed E-state index contributed by atoms with van der Waals surface area (Å²) in [6, 6.07) is 9.95. The molecular weight excluding hydrogens is 336 g/mol. The highest BCUT2D eigenvalue weighted by atomic mass is 79.9. The molecule has 104 valence electrons. The van der Waals surface area contributed by atoms with Gasteiger partial charge in [0.25, 0.3) is 5.91 Å². The number of carbonyl (C=O) groups excluding carboxylic acids is 1. The summed E-state index contributed by atoms with van der Waals surface area (Å²) in [4.78, 5) is 15.4. The number of carbonyl (C=O) groups is 1. The Morgan fingerprint density at radius 2 is 2.20 bits per heavy atom. The molecule has 1 N–H and O–H groups in total. The zero-order valence-electron chi connectivity index (χ0n) is 11.1. The minimum absolute atomic E-state index is 0.0833. The molecule has 0 saturated heterocycles. The predicted molar refractivity (Wildman–Crippen MR) is 88.0 cm³/mol. The standard InChI is InChI=1S/C15H15BrN2OS/c1-10-9-13(20-14(10)16)15(19)18-8-4-7-17-11-5-2-3-6-12(11)18/h2-3,5-6,9,17H,4,7-8H2,1H3. The van der Waals surface area contributed by atoms with Gasteiger partial charge in [-0.2, -0.15) is 0 Å². The maximum atomic E-state index is 12.8. The lowest BCUT2D eigenvalue weighted by Crippen LogP contribution is -2.30. The molecule has 0 atom stereocenters. The van der Waals surface area contributed by atoms with Gasteiger partial charge >= 0.3 is 0 Å².